The number of anilines is 2. The number of carbonyl (C=O) groups is 1. The zero-order valence-corrected chi connectivity index (χ0v) is 12.4. The highest BCUT2D eigenvalue weighted by molar-refractivity contribution is 6.06. The molecule has 0 aliphatic carbocycles. The van der Waals surface area contributed by atoms with E-state index in [0.29, 0.717) is 5.56 Å². The van der Waals surface area contributed by atoms with Gasteiger partial charge in [-0.25, -0.2) is 4.98 Å². The van der Waals surface area contributed by atoms with Gasteiger partial charge in [-0.2, -0.15) is 0 Å². The van der Waals surface area contributed by atoms with Crippen LogP contribution in [-0.2, 0) is 0 Å². The zero-order valence-electron chi connectivity index (χ0n) is 12.4. The van der Waals surface area contributed by atoms with Crippen LogP contribution in [0.3, 0.4) is 0 Å². The number of benzene rings is 1. The van der Waals surface area contributed by atoms with Crippen molar-refractivity contribution in [3.05, 3.63) is 60.6 Å². The summed E-state index contributed by atoms with van der Waals surface area (Å²) in [5.41, 5.74) is 3.05. The van der Waals surface area contributed by atoms with Gasteiger partial charge < -0.3 is 15.0 Å². The fourth-order valence-electron chi connectivity index (χ4n) is 2.25. The van der Waals surface area contributed by atoms with Crippen molar-refractivity contribution >= 4 is 22.9 Å². The standard InChI is InChI=1S/C17H18N4O/c1-2-8-18-14-5-3-4-6-15(14)20-17(22)13-7-10-21-11-9-19-16(21)12-13/h3-7,9-12,18H,2,8H2,1H3,(H,20,22). The lowest BCUT2D eigenvalue weighted by Gasteiger charge is -2.12. The summed E-state index contributed by atoms with van der Waals surface area (Å²) in [6, 6.07) is 11.3. The first-order valence-corrected chi connectivity index (χ1v) is 7.35. The molecule has 0 radical (unpaired) electrons. The second kappa shape index (κ2) is 6.30. The number of hydrogen-bond donors (Lipinski definition) is 2. The van der Waals surface area contributed by atoms with Gasteiger partial charge in [0.25, 0.3) is 5.91 Å². The molecular weight excluding hydrogens is 276 g/mol. The molecule has 112 valence electrons. The van der Waals surface area contributed by atoms with Crippen LogP contribution in [0.1, 0.15) is 23.7 Å². The average molecular weight is 294 g/mol. The SMILES string of the molecule is CCCNc1ccccc1NC(=O)c1ccn2ccnc2c1. The molecule has 5 nitrogen and oxygen atoms in total. The maximum absolute atomic E-state index is 12.4. The van der Waals surface area contributed by atoms with Crippen molar-refractivity contribution in [2.24, 2.45) is 0 Å². The van der Waals surface area contributed by atoms with Gasteiger partial charge in [0.1, 0.15) is 5.65 Å². The quantitative estimate of drug-likeness (QED) is 0.758. The van der Waals surface area contributed by atoms with E-state index >= 15 is 0 Å². The molecule has 2 N–H and O–H groups in total. The maximum atomic E-state index is 12.4. The van der Waals surface area contributed by atoms with Crippen LogP contribution in [0.5, 0.6) is 0 Å². The van der Waals surface area contributed by atoms with Crippen molar-refractivity contribution < 1.29 is 4.79 Å². The summed E-state index contributed by atoms with van der Waals surface area (Å²) in [5, 5.41) is 6.27. The molecule has 0 bridgehead atoms. The molecule has 2 heterocycles. The van der Waals surface area contributed by atoms with Crippen LogP contribution in [0.4, 0.5) is 11.4 Å². The Kier molecular flexibility index (Phi) is 4.05. The highest BCUT2D eigenvalue weighted by atomic mass is 16.1. The van der Waals surface area contributed by atoms with Crippen molar-refractivity contribution in [3.63, 3.8) is 0 Å². The van der Waals surface area contributed by atoms with Crippen LogP contribution < -0.4 is 10.6 Å². The molecule has 22 heavy (non-hydrogen) atoms. The van der Waals surface area contributed by atoms with Crippen molar-refractivity contribution in [1.82, 2.24) is 9.38 Å². The first-order chi connectivity index (χ1) is 10.8. The van der Waals surface area contributed by atoms with Gasteiger partial charge in [-0.3, -0.25) is 4.79 Å². The van der Waals surface area contributed by atoms with E-state index in [1.54, 1.807) is 18.3 Å². The van der Waals surface area contributed by atoms with Crippen molar-refractivity contribution in [3.8, 4) is 0 Å². The number of imidazole rings is 1. The monoisotopic (exact) mass is 294 g/mol. The number of pyridine rings is 1. The Labute approximate surface area is 129 Å². The van der Waals surface area contributed by atoms with Crippen molar-refractivity contribution in [1.29, 1.82) is 0 Å². The summed E-state index contributed by atoms with van der Waals surface area (Å²) in [4.78, 5) is 16.6. The van der Waals surface area contributed by atoms with Gasteiger partial charge in [0.2, 0.25) is 0 Å². The molecule has 2 aromatic heterocycles. The van der Waals surface area contributed by atoms with Crippen LogP contribution >= 0.6 is 0 Å². The Balaban J connectivity index is 1.81. The summed E-state index contributed by atoms with van der Waals surface area (Å²) < 4.78 is 1.87. The first-order valence-electron chi connectivity index (χ1n) is 7.35. The van der Waals surface area contributed by atoms with Crippen LogP contribution in [0.15, 0.2) is 55.0 Å². The third-order valence-corrected chi connectivity index (χ3v) is 3.40. The molecule has 0 unspecified atom stereocenters. The van der Waals surface area contributed by atoms with Crippen molar-refractivity contribution in [2.45, 2.75) is 13.3 Å². The van der Waals surface area contributed by atoms with Gasteiger partial charge >= 0.3 is 0 Å². The molecule has 5 heteroatoms. The maximum Gasteiger partial charge on any atom is 0.255 e. The van der Waals surface area contributed by atoms with Gasteiger partial charge in [-0.05, 0) is 30.7 Å². The number of amides is 1. The van der Waals surface area contributed by atoms with E-state index in [2.05, 4.69) is 22.5 Å². The molecule has 3 aromatic rings. The predicted molar refractivity (Wildman–Crippen MR) is 88.4 cm³/mol. The van der Waals surface area contributed by atoms with E-state index in [1.807, 2.05) is 41.1 Å². The number of aromatic nitrogens is 2. The fraction of sp³-hybridized carbons (Fsp3) is 0.176. The van der Waals surface area contributed by atoms with Gasteiger partial charge in [-0.1, -0.05) is 19.1 Å². The van der Waals surface area contributed by atoms with Crippen LogP contribution in [-0.4, -0.2) is 21.8 Å². The summed E-state index contributed by atoms with van der Waals surface area (Å²) >= 11 is 0. The molecule has 0 atom stereocenters. The van der Waals surface area contributed by atoms with Gasteiger partial charge in [0.15, 0.2) is 0 Å². The van der Waals surface area contributed by atoms with Gasteiger partial charge in [-0.15, -0.1) is 0 Å². The number of carbonyl (C=O) groups excluding carboxylic acids is 1. The highest BCUT2D eigenvalue weighted by Gasteiger charge is 2.09. The van der Waals surface area contributed by atoms with Crippen molar-refractivity contribution in [2.75, 3.05) is 17.2 Å². The van der Waals surface area contributed by atoms with Crippen LogP contribution in [0.2, 0.25) is 0 Å². The van der Waals surface area contributed by atoms with E-state index in [1.165, 1.54) is 0 Å². The summed E-state index contributed by atoms with van der Waals surface area (Å²) in [6.45, 7) is 2.97. The van der Waals surface area contributed by atoms with E-state index < -0.39 is 0 Å². The zero-order chi connectivity index (χ0) is 15.4. The summed E-state index contributed by atoms with van der Waals surface area (Å²) in [6.07, 6.45) is 6.42. The Morgan fingerprint density at radius 3 is 2.82 bits per heavy atom. The number of hydrogen-bond acceptors (Lipinski definition) is 3. The molecular formula is C17H18N4O. The first kappa shape index (κ1) is 14.1. The lowest BCUT2D eigenvalue weighted by Crippen LogP contribution is -2.14. The number of fused-ring (bicyclic) bond motifs is 1. The highest BCUT2D eigenvalue weighted by Crippen LogP contribution is 2.21. The summed E-state index contributed by atoms with van der Waals surface area (Å²) in [5.74, 6) is -0.142. The van der Waals surface area contributed by atoms with Crippen LogP contribution in [0.25, 0.3) is 5.65 Å². The van der Waals surface area contributed by atoms with E-state index in [9.17, 15) is 4.79 Å². The topological polar surface area (TPSA) is 58.4 Å². The minimum absolute atomic E-state index is 0.142. The average Bonchev–Trinajstić information content (AvgIpc) is 3.01. The third-order valence-electron chi connectivity index (χ3n) is 3.40. The number of rotatable bonds is 5. The molecule has 3 rings (SSSR count). The molecule has 0 fully saturated rings. The molecule has 0 saturated heterocycles. The Morgan fingerprint density at radius 2 is 2.00 bits per heavy atom. The van der Waals surface area contributed by atoms with Gasteiger partial charge in [0, 0.05) is 30.7 Å². The minimum atomic E-state index is -0.142. The Hall–Kier alpha value is -2.82. The van der Waals surface area contributed by atoms with Gasteiger partial charge in [0.05, 0.1) is 11.4 Å². The Bertz CT molecular complexity index is 794. The normalized spacial score (nSPS) is 10.6. The lowest BCUT2D eigenvalue weighted by atomic mass is 10.2. The molecule has 0 saturated carbocycles. The molecule has 0 spiro atoms. The van der Waals surface area contributed by atoms with E-state index in [-0.39, 0.29) is 5.91 Å². The molecule has 1 amide bonds. The predicted octanol–water partition coefficient (Wildman–Crippen LogP) is 3.41. The largest absolute Gasteiger partial charge is 0.383 e. The number of nitrogens with zero attached hydrogens (tertiary/aromatic N) is 2. The van der Waals surface area contributed by atoms with Crippen LogP contribution in [0, 0.1) is 0 Å². The number of para-hydroxylation sites is 2. The Morgan fingerprint density at radius 1 is 1.18 bits per heavy atom. The second-order valence-electron chi connectivity index (χ2n) is 5.03. The lowest BCUT2D eigenvalue weighted by molar-refractivity contribution is 0.102. The fourth-order valence-corrected chi connectivity index (χ4v) is 2.25. The van der Waals surface area contributed by atoms with E-state index in [4.69, 9.17) is 0 Å². The summed E-state index contributed by atoms with van der Waals surface area (Å²) in [7, 11) is 0. The molecule has 0 aliphatic rings. The molecule has 0 aliphatic heterocycles. The second-order valence-corrected chi connectivity index (χ2v) is 5.03. The minimum Gasteiger partial charge on any atom is -0.383 e. The number of nitrogens with one attached hydrogen (secondary N) is 2. The smallest absolute Gasteiger partial charge is 0.255 e. The molecule has 1 aromatic carbocycles. The van der Waals surface area contributed by atoms with E-state index in [0.717, 1.165) is 30.0 Å². The third kappa shape index (κ3) is 2.93.